The van der Waals surface area contributed by atoms with E-state index in [9.17, 15) is 8.42 Å². The van der Waals surface area contributed by atoms with E-state index in [2.05, 4.69) is 6.07 Å². The van der Waals surface area contributed by atoms with E-state index >= 15 is 0 Å². The Hall–Kier alpha value is -0.560. The lowest BCUT2D eigenvalue weighted by Crippen LogP contribution is -2.22. The molecule has 1 atom stereocenters. The molecule has 0 heterocycles. The zero-order valence-corrected chi connectivity index (χ0v) is 10.3. The predicted molar refractivity (Wildman–Crippen MR) is 60.0 cm³/mol. The van der Waals surface area contributed by atoms with Crippen LogP contribution in [-0.2, 0) is 9.84 Å². The predicted octanol–water partition coefficient (Wildman–Crippen LogP) is 2.14. The highest BCUT2D eigenvalue weighted by Gasteiger charge is 2.45. The van der Waals surface area contributed by atoms with E-state index in [1.54, 1.807) is 0 Å². The molecule has 1 rings (SSSR count). The first-order valence-electron chi connectivity index (χ1n) is 5.50. The smallest absolute Gasteiger partial charge is 0.151 e. The molecule has 15 heavy (non-hydrogen) atoms. The summed E-state index contributed by atoms with van der Waals surface area (Å²) in [7, 11) is -2.96. The quantitative estimate of drug-likeness (QED) is 0.701. The van der Waals surface area contributed by atoms with Crippen LogP contribution in [0.25, 0.3) is 0 Å². The van der Waals surface area contributed by atoms with Gasteiger partial charge in [-0.15, -0.1) is 0 Å². The highest BCUT2D eigenvalue weighted by Crippen LogP contribution is 2.49. The molecule has 1 unspecified atom stereocenters. The summed E-state index contributed by atoms with van der Waals surface area (Å²) in [6.07, 6.45) is 3.10. The van der Waals surface area contributed by atoms with E-state index in [1.165, 1.54) is 0 Å². The summed E-state index contributed by atoms with van der Waals surface area (Å²) in [6, 6.07) is 2.10. The SMILES string of the molecule is CCC(C)CS(=O)(=O)CC1(CC#N)CC1. The summed E-state index contributed by atoms with van der Waals surface area (Å²) in [5.41, 5.74) is -0.180. The Morgan fingerprint density at radius 2 is 2.07 bits per heavy atom. The van der Waals surface area contributed by atoms with Crippen molar-refractivity contribution in [2.45, 2.75) is 39.5 Å². The standard InChI is InChI=1S/C11H19NO2S/c1-3-10(2)8-15(13,14)9-11(4-5-11)6-7-12/h10H,3-6,8-9H2,1-2H3. The van der Waals surface area contributed by atoms with Crippen molar-refractivity contribution in [3.05, 3.63) is 0 Å². The minimum Gasteiger partial charge on any atom is -0.229 e. The van der Waals surface area contributed by atoms with Gasteiger partial charge in [-0.25, -0.2) is 8.42 Å². The fourth-order valence-corrected chi connectivity index (χ4v) is 4.34. The molecule has 0 saturated heterocycles. The maximum atomic E-state index is 11.8. The van der Waals surface area contributed by atoms with Gasteiger partial charge in [0.2, 0.25) is 0 Å². The molecule has 0 bridgehead atoms. The molecule has 0 aromatic carbocycles. The van der Waals surface area contributed by atoms with Crippen molar-refractivity contribution < 1.29 is 8.42 Å². The van der Waals surface area contributed by atoms with Crippen molar-refractivity contribution in [1.29, 1.82) is 5.26 Å². The normalized spacial score (nSPS) is 20.6. The third kappa shape index (κ3) is 3.83. The fraction of sp³-hybridized carbons (Fsp3) is 0.909. The average molecular weight is 229 g/mol. The van der Waals surface area contributed by atoms with Gasteiger partial charge in [-0.1, -0.05) is 20.3 Å². The van der Waals surface area contributed by atoms with Crippen molar-refractivity contribution in [3.8, 4) is 6.07 Å². The molecule has 1 fully saturated rings. The highest BCUT2D eigenvalue weighted by molar-refractivity contribution is 7.91. The van der Waals surface area contributed by atoms with Gasteiger partial charge < -0.3 is 0 Å². The zero-order valence-electron chi connectivity index (χ0n) is 9.49. The van der Waals surface area contributed by atoms with Gasteiger partial charge >= 0.3 is 0 Å². The van der Waals surface area contributed by atoms with Crippen molar-refractivity contribution >= 4 is 9.84 Å². The van der Waals surface area contributed by atoms with Crippen molar-refractivity contribution in [2.24, 2.45) is 11.3 Å². The Morgan fingerprint density at radius 3 is 2.47 bits per heavy atom. The molecule has 0 amide bonds. The van der Waals surface area contributed by atoms with Gasteiger partial charge in [0.25, 0.3) is 0 Å². The Labute approximate surface area is 92.4 Å². The first-order chi connectivity index (χ1) is 6.93. The lowest BCUT2D eigenvalue weighted by Gasteiger charge is -2.14. The third-order valence-corrected chi connectivity index (χ3v) is 5.30. The van der Waals surface area contributed by atoms with Gasteiger partial charge in [0.1, 0.15) is 0 Å². The van der Waals surface area contributed by atoms with Crippen LogP contribution in [0.2, 0.25) is 0 Å². The van der Waals surface area contributed by atoms with Crippen molar-refractivity contribution in [1.82, 2.24) is 0 Å². The van der Waals surface area contributed by atoms with Crippen LogP contribution in [0.15, 0.2) is 0 Å². The van der Waals surface area contributed by atoms with Crippen LogP contribution < -0.4 is 0 Å². The van der Waals surface area contributed by atoms with Crippen LogP contribution in [0.1, 0.15) is 39.5 Å². The van der Waals surface area contributed by atoms with Gasteiger partial charge in [0.05, 0.1) is 17.6 Å². The van der Waals surface area contributed by atoms with E-state index < -0.39 is 9.84 Å². The average Bonchev–Trinajstić information content (AvgIpc) is 2.83. The first-order valence-corrected chi connectivity index (χ1v) is 7.32. The van der Waals surface area contributed by atoms with Gasteiger partial charge in [0, 0.05) is 6.42 Å². The zero-order chi connectivity index (χ0) is 11.5. The molecule has 1 aliphatic rings. The lowest BCUT2D eigenvalue weighted by molar-refractivity contribution is 0.531. The summed E-state index contributed by atoms with van der Waals surface area (Å²) in [5, 5.41) is 8.62. The number of rotatable bonds is 6. The van der Waals surface area contributed by atoms with Crippen LogP contribution >= 0.6 is 0 Å². The van der Waals surface area contributed by atoms with Crippen LogP contribution in [0, 0.1) is 22.7 Å². The van der Waals surface area contributed by atoms with Gasteiger partial charge in [-0.3, -0.25) is 0 Å². The summed E-state index contributed by atoms with van der Waals surface area (Å²) in [4.78, 5) is 0. The molecule has 0 spiro atoms. The highest BCUT2D eigenvalue weighted by atomic mass is 32.2. The molecule has 0 N–H and O–H groups in total. The van der Waals surface area contributed by atoms with Gasteiger partial charge in [-0.2, -0.15) is 5.26 Å². The summed E-state index contributed by atoms with van der Waals surface area (Å²) >= 11 is 0. The van der Waals surface area contributed by atoms with Crippen LogP contribution in [0.4, 0.5) is 0 Å². The first kappa shape index (κ1) is 12.5. The molecule has 0 aromatic heterocycles. The van der Waals surface area contributed by atoms with Crippen molar-refractivity contribution in [2.75, 3.05) is 11.5 Å². The molecule has 0 aromatic rings. The Kier molecular flexibility index (Phi) is 3.77. The van der Waals surface area contributed by atoms with Crippen LogP contribution in [0.5, 0.6) is 0 Å². The molecule has 1 saturated carbocycles. The molecule has 86 valence electrons. The second-order valence-corrected chi connectivity index (χ2v) is 7.01. The molecule has 0 aliphatic heterocycles. The van der Waals surface area contributed by atoms with E-state index in [-0.39, 0.29) is 22.8 Å². The van der Waals surface area contributed by atoms with Gasteiger partial charge in [0.15, 0.2) is 9.84 Å². The Bertz CT molecular complexity index is 349. The molecule has 0 radical (unpaired) electrons. The summed E-state index contributed by atoms with van der Waals surface area (Å²) in [6.45, 7) is 3.96. The number of nitrogens with zero attached hydrogens (tertiary/aromatic N) is 1. The molecule has 1 aliphatic carbocycles. The molecular formula is C11H19NO2S. The minimum atomic E-state index is -2.96. The maximum absolute atomic E-state index is 11.8. The number of hydrogen-bond donors (Lipinski definition) is 0. The second-order valence-electron chi connectivity index (χ2n) is 4.90. The Balaban J connectivity index is 2.54. The van der Waals surface area contributed by atoms with E-state index in [1.807, 2.05) is 13.8 Å². The molecule has 3 nitrogen and oxygen atoms in total. The summed E-state index contributed by atoms with van der Waals surface area (Å²) < 4.78 is 23.6. The summed E-state index contributed by atoms with van der Waals surface area (Å²) in [5.74, 6) is 0.724. The van der Waals surface area contributed by atoms with Gasteiger partial charge in [-0.05, 0) is 24.2 Å². The molecular weight excluding hydrogens is 210 g/mol. The lowest BCUT2D eigenvalue weighted by atomic mass is 10.1. The van der Waals surface area contributed by atoms with Crippen molar-refractivity contribution in [3.63, 3.8) is 0 Å². The Morgan fingerprint density at radius 1 is 1.47 bits per heavy atom. The second kappa shape index (κ2) is 4.52. The minimum absolute atomic E-state index is 0.180. The number of hydrogen-bond acceptors (Lipinski definition) is 3. The number of nitriles is 1. The maximum Gasteiger partial charge on any atom is 0.151 e. The number of sulfone groups is 1. The van der Waals surface area contributed by atoms with E-state index in [0.29, 0.717) is 6.42 Å². The molecule has 4 heteroatoms. The fourth-order valence-electron chi connectivity index (χ4n) is 1.79. The monoisotopic (exact) mass is 229 g/mol. The largest absolute Gasteiger partial charge is 0.229 e. The van der Waals surface area contributed by atoms with Crippen LogP contribution in [-0.4, -0.2) is 19.9 Å². The topological polar surface area (TPSA) is 57.9 Å². The van der Waals surface area contributed by atoms with E-state index in [4.69, 9.17) is 5.26 Å². The van der Waals surface area contributed by atoms with Crippen LogP contribution in [0.3, 0.4) is 0 Å². The van der Waals surface area contributed by atoms with E-state index in [0.717, 1.165) is 19.3 Å². The third-order valence-electron chi connectivity index (χ3n) is 3.17.